The molecular formula is C21H20O9. The number of aromatic hydroxyl groups is 1. The number of ketones is 2. The summed E-state index contributed by atoms with van der Waals surface area (Å²) in [6, 6.07) is 7.52. The third kappa shape index (κ3) is 2.99. The van der Waals surface area contributed by atoms with Crippen LogP contribution in [-0.2, 0) is 4.74 Å². The molecule has 1 aliphatic heterocycles. The monoisotopic (exact) mass is 416 g/mol. The number of carbonyl (C=O) groups excluding carboxylic acids is 2. The standard InChI is InChI=1S/C21H20O9/c1-8-12(29-21-20(28)19(27)18(26)13(7-22)30-21)6-11-14(15(8)23)17(25)10-5-3-2-4-9(10)16(11)24/h2-6,13,18-23,26-28H,7H2,1H3/t13-,18-,19+,20-,21-/m1/s1. The Morgan fingerprint density at radius 2 is 1.60 bits per heavy atom. The average molecular weight is 416 g/mol. The van der Waals surface area contributed by atoms with Gasteiger partial charge in [0.05, 0.1) is 12.2 Å². The Morgan fingerprint density at radius 3 is 2.23 bits per heavy atom. The number of hydrogen-bond acceptors (Lipinski definition) is 9. The summed E-state index contributed by atoms with van der Waals surface area (Å²) in [5.74, 6) is -1.48. The smallest absolute Gasteiger partial charge is 0.229 e. The number of hydrogen-bond donors (Lipinski definition) is 5. The van der Waals surface area contributed by atoms with Gasteiger partial charge in [-0.3, -0.25) is 9.59 Å². The molecule has 158 valence electrons. The summed E-state index contributed by atoms with van der Waals surface area (Å²) < 4.78 is 10.9. The number of benzene rings is 2. The van der Waals surface area contributed by atoms with Gasteiger partial charge >= 0.3 is 0 Å². The number of phenolic OH excluding ortho intramolecular Hbond substituents is 1. The molecule has 1 aliphatic carbocycles. The first-order valence-electron chi connectivity index (χ1n) is 9.28. The van der Waals surface area contributed by atoms with E-state index in [1.807, 2.05) is 0 Å². The first-order valence-corrected chi connectivity index (χ1v) is 9.28. The van der Waals surface area contributed by atoms with E-state index < -0.39 is 54.6 Å². The lowest BCUT2D eigenvalue weighted by Gasteiger charge is -2.39. The van der Waals surface area contributed by atoms with Crippen LogP contribution in [0.4, 0.5) is 0 Å². The molecule has 1 fully saturated rings. The van der Waals surface area contributed by atoms with Crippen LogP contribution in [0.5, 0.6) is 11.5 Å². The molecule has 1 saturated heterocycles. The number of aliphatic hydroxyl groups is 4. The predicted octanol–water partition coefficient (Wildman–Crippen LogP) is -0.345. The van der Waals surface area contributed by atoms with Crippen LogP contribution in [0.25, 0.3) is 0 Å². The fourth-order valence-corrected chi connectivity index (χ4v) is 3.72. The van der Waals surface area contributed by atoms with Crippen LogP contribution in [-0.4, -0.2) is 74.4 Å². The maximum Gasteiger partial charge on any atom is 0.229 e. The lowest BCUT2D eigenvalue weighted by molar-refractivity contribution is -0.277. The minimum absolute atomic E-state index is 0.0592. The molecule has 0 unspecified atom stereocenters. The van der Waals surface area contributed by atoms with Crippen LogP contribution in [0.1, 0.15) is 37.4 Å². The molecule has 0 spiro atoms. The molecule has 0 radical (unpaired) electrons. The quantitative estimate of drug-likeness (QED) is 0.386. The first-order chi connectivity index (χ1) is 14.3. The van der Waals surface area contributed by atoms with Crippen molar-refractivity contribution in [2.45, 2.75) is 37.6 Å². The van der Waals surface area contributed by atoms with Crippen molar-refractivity contribution in [3.8, 4) is 11.5 Å². The third-order valence-corrected chi connectivity index (χ3v) is 5.49. The summed E-state index contributed by atoms with van der Waals surface area (Å²) in [5.41, 5.74) is 0.286. The van der Waals surface area contributed by atoms with Gasteiger partial charge in [0.1, 0.15) is 35.9 Å². The number of carbonyl (C=O) groups is 2. The molecule has 2 aromatic rings. The van der Waals surface area contributed by atoms with Crippen molar-refractivity contribution >= 4 is 11.6 Å². The Kier molecular flexibility index (Phi) is 5.08. The van der Waals surface area contributed by atoms with Gasteiger partial charge in [0.15, 0.2) is 11.6 Å². The van der Waals surface area contributed by atoms with E-state index in [2.05, 4.69) is 0 Å². The maximum absolute atomic E-state index is 12.9. The number of phenols is 1. The Hall–Kier alpha value is -2.82. The van der Waals surface area contributed by atoms with Crippen LogP contribution >= 0.6 is 0 Å². The lowest BCUT2D eigenvalue weighted by Crippen LogP contribution is -2.60. The zero-order valence-corrected chi connectivity index (χ0v) is 15.8. The highest BCUT2D eigenvalue weighted by Crippen LogP contribution is 2.40. The van der Waals surface area contributed by atoms with Crippen molar-refractivity contribution in [3.63, 3.8) is 0 Å². The molecule has 2 aromatic carbocycles. The molecule has 0 saturated carbocycles. The van der Waals surface area contributed by atoms with Gasteiger partial charge in [-0.1, -0.05) is 24.3 Å². The van der Waals surface area contributed by atoms with Crippen LogP contribution < -0.4 is 4.74 Å². The van der Waals surface area contributed by atoms with Gasteiger partial charge in [-0.05, 0) is 13.0 Å². The zero-order chi connectivity index (χ0) is 21.7. The molecular weight excluding hydrogens is 396 g/mol. The van der Waals surface area contributed by atoms with Crippen molar-refractivity contribution < 1.29 is 44.6 Å². The summed E-state index contributed by atoms with van der Waals surface area (Å²) in [6.07, 6.45) is -7.56. The number of rotatable bonds is 3. The van der Waals surface area contributed by atoms with Crippen molar-refractivity contribution in [2.75, 3.05) is 6.61 Å². The average Bonchev–Trinajstić information content (AvgIpc) is 2.75. The normalized spacial score (nSPS) is 28.1. The Morgan fingerprint density at radius 1 is 0.967 bits per heavy atom. The van der Waals surface area contributed by atoms with Gasteiger partial charge in [-0.15, -0.1) is 0 Å². The highest BCUT2D eigenvalue weighted by atomic mass is 16.7. The Labute approximate surface area is 170 Å². The van der Waals surface area contributed by atoms with E-state index in [0.29, 0.717) is 0 Å². The number of aliphatic hydroxyl groups excluding tert-OH is 4. The lowest BCUT2D eigenvalue weighted by atomic mass is 9.82. The van der Waals surface area contributed by atoms with Gasteiger partial charge in [-0.25, -0.2) is 0 Å². The van der Waals surface area contributed by atoms with Gasteiger partial charge in [-0.2, -0.15) is 0 Å². The van der Waals surface area contributed by atoms with E-state index >= 15 is 0 Å². The summed E-state index contributed by atoms with van der Waals surface area (Å²) in [5, 5.41) is 49.9. The minimum Gasteiger partial charge on any atom is -0.507 e. The summed E-state index contributed by atoms with van der Waals surface area (Å²) >= 11 is 0. The Bertz CT molecular complexity index is 1030. The van der Waals surface area contributed by atoms with Gasteiger partial charge in [0, 0.05) is 22.3 Å². The van der Waals surface area contributed by atoms with Gasteiger partial charge in [0.25, 0.3) is 0 Å². The molecule has 1 heterocycles. The van der Waals surface area contributed by atoms with Crippen LogP contribution in [0.2, 0.25) is 0 Å². The highest BCUT2D eigenvalue weighted by Gasteiger charge is 2.45. The van der Waals surface area contributed by atoms with Gasteiger partial charge < -0.3 is 35.0 Å². The minimum atomic E-state index is -1.67. The fraction of sp³-hybridized carbons (Fsp3) is 0.333. The number of fused-ring (bicyclic) bond motifs is 2. The van der Waals surface area contributed by atoms with Gasteiger partial charge in [0.2, 0.25) is 6.29 Å². The predicted molar refractivity (Wildman–Crippen MR) is 101 cm³/mol. The summed E-state index contributed by atoms with van der Waals surface area (Å²) in [4.78, 5) is 25.7. The largest absolute Gasteiger partial charge is 0.507 e. The van der Waals surface area contributed by atoms with Crippen molar-refractivity contribution in [3.05, 3.63) is 58.1 Å². The second kappa shape index (κ2) is 7.46. The van der Waals surface area contributed by atoms with E-state index in [-0.39, 0.29) is 33.6 Å². The molecule has 9 heteroatoms. The Balaban J connectivity index is 1.74. The van der Waals surface area contributed by atoms with Crippen LogP contribution in [0.3, 0.4) is 0 Å². The van der Waals surface area contributed by atoms with E-state index in [1.54, 1.807) is 12.1 Å². The molecule has 5 atom stereocenters. The van der Waals surface area contributed by atoms with E-state index in [1.165, 1.54) is 25.1 Å². The van der Waals surface area contributed by atoms with Crippen molar-refractivity contribution in [1.82, 2.24) is 0 Å². The topological polar surface area (TPSA) is 154 Å². The van der Waals surface area contributed by atoms with Crippen molar-refractivity contribution in [1.29, 1.82) is 0 Å². The fourth-order valence-electron chi connectivity index (χ4n) is 3.72. The molecule has 0 bridgehead atoms. The van der Waals surface area contributed by atoms with Crippen LogP contribution in [0, 0.1) is 6.92 Å². The zero-order valence-electron chi connectivity index (χ0n) is 15.8. The molecule has 30 heavy (non-hydrogen) atoms. The second-order valence-corrected chi connectivity index (χ2v) is 7.29. The third-order valence-electron chi connectivity index (χ3n) is 5.49. The molecule has 0 aromatic heterocycles. The molecule has 9 nitrogen and oxygen atoms in total. The van der Waals surface area contributed by atoms with Crippen molar-refractivity contribution in [2.24, 2.45) is 0 Å². The molecule has 4 rings (SSSR count). The summed E-state index contributed by atoms with van der Waals surface area (Å²) in [6.45, 7) is 0.816. The summed E-state index contributed by atoms with van der Waals surface area (Å²) in [7, 11) is 0. The first kappa shape index (κ1) is 20.5. The highest BCUT2D eigenvalue weighted by molar-refractivity contribution is 6.29. The van der Waals surface area contributed by atoms with E-state index in [9.17, 15) is 35.1 Å². The van der Waals surface area contributed by atoms with E-state index in [4.69, 9.17) is 9.47 Å². The number of ether oxygens (including phenoxy) is 2. The maximum atomic E-state index is 12.9. The SMILES string of the molecule is Cc1c(O[C@@H]2O[C@H](CO)[C@@H](O)[C@H](O)[C@H]2O)cc2c(c1O)C(=O)c1ccccc1C2=O. The molecule has 5 N–H and O–H groups in total. The molecule has 2 aliphatic rings. The molecule has 0 amide bonds. The second-order valence-electron chi connectivity index (χ2n) is 7.29. The van der Waals surface area contributed by atoms with E-state index in [0.717, 1.165) is 0 Å². The van der Waals surface area contributed by atoms with Crippen LogP contribution in [0.15, 0.2) is 30.3 Å².